The molecule has 0 aliphatic heterocycles. The van der Waals surface area contributed by atoms with E-state index in [1.165, 1.54) is 12.6 Å². The van der Waals surface area contributed by atoms with Gasteiger partial charge in [-0.1, -0.05) is 43.4 Å². The average molecular weight is 153 g/mol. The molecule has 11 heavy (non-hydrogen) atoms. The highest BCUT2D eigenvalue weighted by Gasteiger charge is 1.80. The van der Waals surface area contributed by atoms with E-state index in [0.29, 0.717) is 0 Å². The summed E-state index contributed by atoms with van der Waals surface area (Å²) >= 11 is 0. The van der Waals surface area contributed by atoms with Crippen LogP contribution in [0.1, 0.15) is 20.3 Å². The van der Waals surface area contributed by atoms with Gasteiger partial charge in [0.15, 0.2) is 0 Å². The first-order valence-electron chi connectivity index (χ1n) is 3.87. The standard InChI is InChI=1S/C9H14.CH5N/c1-4-7-8-9(5-2)6-3;1-2/h4-5,7-8H,1,6H2,2-3H3;2H2,1H3/b8-7-,9-5-;. The third-order valence-corrected chi connectivity index (χ3v) is 1.23. The maximum atomic E-state index is 4.50. The molecule has 0 radical (unpaired) electrons. The number of hydrogen-bond acceptors (Lipinski definition) is 1. The van der Waals surface area contributed by atoms with Crippen molar-refractivity contribution in [2.75, 3.05) is 7.05 Å². The van der Waals surface area contributed by atoms with Crippen molar-refractivity contribution in [2.24, 2.45) is 5.73 Å². The summed E-state index contributed by atoms with van der Waals surface area (Å²) in [6, 6.07) is 0. The molecular formula is C10H19N. The van der Waals surface area contributed by atoms with Crippen molar-refractivity contribution in [1.82, 2.24) is 0 Å². The highest BCUT2D eigenvalue weighted by molar-refractivity contribution is 5.20. The van der Waals surface area contributed by atoms with E-state index in [4.69, 9.17) is 0 Å². The smallest absolute Gasteiger partial charge is 0.0195 e. The SMILES string of the molecule is C=C/C=C\C(=C/C)CC.CN. The summed E-state index contributed by atoms with van der Waals surface area (Å²) in [5.41, 5.74) is 5.86. The Morgan fingerprint density at radius 1 is 1.45 bits per heavy atom. The molecule has 0 atom stereocenters. The Morgan fingerprint density at radius 2 is 2.00 bits per heavy atom. The molecule has 0 aromatic carbocycles. The maximum Gasteiger partial charge on any atom is -0.0195 e. The van der Waals surface area contributed by atoms with Crippen molar-refractivity contribution in [2.45, 2.75) is 20.3 Å². The number of rotatable bonds is 3. The predicted molar refractivity (Wildman–Crippen MR) is 53.5 cm³/mol. The molecule has 0 aliphatic rings. The lowest BCUT2D eigenvalue weighted by Crippen LogP contribution is -1.69. The monoisotopic (exact) mass is 153 g/mol. The van der Waals surface area contributed by atoms with Crippen molar-refractivity contribution in [3.8, 4) is 0 Å². The Balaban J connectivity index is 0. The van der Waals surface area contributed by atoms with Crippen LogP contribution in [0, 0.1) is 0 Å². The van der Waals surface area contributed by atoms with Crippen LogP contribution in [-0.4, -0.2) is 7.05 Å². The van der Waals surface area contributed by atoms with Gasteiger partial charge in [0.05, 0.1) is 0 Å². The van der Waals surface area contributed by atoms with E-state index < -0.39 is 0 Å². The molecule has 0 saturated heterocycles. The van der Waals surface area contributed by atoms with Crippen molar-refractivity contribution >= 4 is 0 Å². The van der Waals surface area contributed by atoms with Gasteiger partial charge in [-0.25, -0.2) is 0 Å². The van der Waals surface area contributed by atoms with Gasteiger partial charge in [0.25, 0.3) is 0 Å². The molecule has 1 nitrogen and oxygen atoms in total. The lowest BCUT2D eigenvalue weighted by Gasteiger charge is -1.90. The Bertz CT molecular complexity index is 132. The largest absolute Gasteiger partial charge is 0.333 e. The molecule has 0 spiro atoms. The van der Waals surface area contributed by atoms with E-state index in [9.17, 15) is 0 Å². The number of nitrogens with two attached hydrogens (primary N) is 1. The summed E-state index contributed by atoms with van der Waals surface area (Å²) < 4.78 is 0. The second kappa shape index (κ2) is 11.9. The Morgan fingerprint density at radius 3 is 2.27 bits per heavy atom. The van der Waals surface area contributed by atoms with Crippen molar-refractivity contribution in [3.05, 3.63) is 36.5 Å². The minimum atomic E-state index is 1.10. The molecule has 64 valence electrons. The van der Waals surface area contributed by atoms with Gasteiger partial charge in [-0.2, -0.15) is 0 Å². The predicted octanol–water partition coefficient (Wildman–Crippen LogP) is 2.66. The third-order valence-electron chi connectivity index (χ3n) is 1.23. The fourth-order valence-electron chi connectivity index (χ4n) is 0.610. The van der Waals surface area contributed by atoms with E-state index in [0.717, 1.165) is 6.42 Å². The van der Waals surface area contributed by atoms with Crippen LogP contribution in [0.5, 0.6) is 0 Å². The molecule has 0 fully saturated rings. The number of allylic oxidation sites excluding steroid dienone is 5. The highest BCUT2D eigenvalue weighted by Crippen LogP contribution is 2.00. The molecule has 0 aromatic rings. The third kappa shape index (κ3) is 9.18. The molecule has 0 aliphatic carbocycles. The van der Waals surface area contributed by atoms with Crippen LogP contribution in [0.4, 0.5) is 0 Å². The molecular weight excluding hydrogens is 134 g/mol. The van der Waals surface area contributed by atoms with Gasteiger partial charge in [-0.15, -0.1) is 0 Å². The van der Waals surface area contributed by atoms with E-state index in [1.54, 1.807) is 6.08 Å². The topological polar surface area (TPSA) is 26.0 Å². The second-order valence-corrected chi connectivity index (χ2v) is 1.81. The zero-order chi connectivity index (χ0) is 9.11. The molecule has 0 amide bonds. The van der Waals surface area contributed by atoms with Crippen molar-refractivity contribution in [3.63, 3.8) is 0 Å². The maximum absolute atomic E-state index is 4.50. The Labute approximate surface area is 70.3 Å². The van der Waals surface area contributed by atoms with Crippen LogP contribution in [-0.2, 0) is 0 Å². The zero-order valence-electron chi connectivity index (χ0n) is 7.80. The normalized spacial score (nSPS) is 10.7. The van der Waals surface area contributed by atoms with Gasteiger partial charge in [0.1, 0.15) is 0 Å². The molecule has 0 heterocycles. The summed E-state index contributed by atoms with van der Waals surface area (Å²) in [5.74, 6) is 0. The summed E-state index contributed by atoms with van der Waals surface area (Å²) in [4.78, 5) is 0. The van der Waals surface area contributed by atoms with E-state index in [2.05, 4.69) is 31.4 Å². The molecule has 0 unspecified atom stereocenters. The Kier molecular flexibility index (Phi) is 13.9. The minimum Gasteiger partial charge on any atom is -0.333 e. The molecule has 0 rings (SSSR count). The van der Waals surface area contributed by atoms with E-state index in [-0.39, 0.29) is 0 Å². The average Bonchev–Trinajstić information content (AvgIpc) is 2.10. The lowest BCUT2D eigenvalue weighted by atomic mass is 10.2. The van der Waals surface area contributed by atoms with Crippen molar-refractivity contribution in [1.29, 1.82) is 0 Å². The van der Waals surface area contributed by atoms with Crippen molar-refractivity contribution < 1.29 is 0 Å². The van der Waals surface area contributed by atoms with Crippen LogP contribution in [0.15, 0.2) is 36.5 Å². The molecule has 1 heteroatoms. The number of hydrogen-bond donors (Lipinski definition) is 1. The van der Waals surface area contributed by atoms with Gasteiger partial charge in [-0.05, 0) is 20.4 Å². The van der Waals surface area contributed by atoms with E-state index >= 15 is 0 Å². The van der Waals surface area contributed by atoms with E-state index in [1.807, 2.05) is 13.0 Å². The highest BCUT2D eigenvalue weighted by atomic mass is 14.4. The van der Waals surface area contributed by atoms with Crippen LogP contribution in [0.25, 0.3) is 0 Å². The lowest BCUT2D eigenvalue weighted by molar-refractivity contribution is 1.14. The first kappa shape index (κ1) is 12.8. The first-order chi connectivity index (χ1) is 5.35. The fraction of sp³-hybridized carbons (Fsp3) is 0.400. The fourth-order valence-corrected chi connectivity index (χ4v) is 0.610. The van der Waals surface area contributed by atoms with Crippen LogP contribution in [0.3, 0.4) is 0 Å². The molecule has 0 bridgehead atoms. The molecule has 2 N–H and O–H groups in total. The van der Waals surface area contributed by atoms with Gasteiger partial charge >= 0.3 is 0 Å². The minimum absolute atomic E-state index is 1.10. The Hall–Kier alpha value is -0.820. The summed E-state index contributed by atoms with van der Waals surface area (Å²) in [6.07, 6.45) is 9.03. The van der Waals surface area contributed by atoms with Crippen LogP contribution in [0.2, 0.25) is 0 Å². The summed E-state index contributed by atoms with van der Waals surface area (Å²) in [5, 5.41) is 0. The quantitative estimate of drug-likeness (QED) is 0.620. The van der Waals surface area contributed by atoms with Gasteiger partial charge in [0.2, 0.25) is 0 Å². The first-order valence-corrected chi connectivity index (χ1v) is 3.87. The summed E-state index contributed by atoms with van der Waals surface area (Å²) in [7, 11) is 1.50. The molecule has 0 saturated carbocycles. The van der Waals surface area contributed by atoms with Gasteiger partial charge in [-0.3, -0.25) is 0 Å². The molecule has 0 aromatic heterocycles. The van der Waals surface area contributed by atoms with Gasteiger partial charge < -0.3 is 5.73 Å². The second-order valence-electron chi connectivity index (χ2n) is 1.81. The van der Waals surface area contributed by atoms with Crippen LogP contribution < -0.4 is 5.73 Å². The zero-order valence-corrected chi connectivity index (χ0v) is 7.80. The van der Waals surface area contributed by atoms with Crippen LogP contribution >= 0.6 is 0 Å². The summed E-state index contributed by atoms with van der Waals surface area (Å²) in [6.45, 7) is 7.78. The van der Waals surface area contributed by atoms with Gasteiger partial charge in [0, 0.05) is 0 Å².